The normalized spacial score (nSPS) is 21.7. The molecule has 0 aliphatic carbocycles. The smallest absolute Gasteiger partial charge is 0.363 e. The molecule has 0 spiro atoms. The van der Waals surface area contributed by atoms with Gasteiger partial charge in [0.1, 0.15) is 0 Å². The van der Waals surface area contributed by atoms with E-state index >= 15 is 0 Å². The Hall–Kier alpha value is -2.99. The molecule has 2 heterocycles. The summed E-state index contributed by atoms with van der Waals surface area (Å²) in [4.78, 5) is 42.0. The van der Waals surface area contributed by atoms with Crippen LogP contribution in [0.1, 0.15) is 50.0 Å². The summed E-state index contributed by atoms with van der Waals surface area (Å²) in [6.07, 6.45) is 0.865. The zero-order valence-electron chi connectivity index (χ0n) is 13.5. The van der Waals surface area contributed by atoms with Crippen LogP contribution in [0, 0.1) is 0 Å². The maximum atomic E-state index is 12.4. The molecule has 6 nitrogen and oxygen atoms in total. The lowest BCUT2D eigenvalue weighted by Crippen LogP contribution is -2.38. The third kappa shape index (κ3) is 2.42. The van der Waals surface area contributed by atoms with Gasteiger partial charge in [-0.15, -0.1) is 0 Å². The van der Waals surface area contributed by atoms with Crippen LogP contribution in [-0.2, 0) is 15.2 Å². The molecule has 1 saturated heterocycles. The molecule has 0 N–H and O–H groups in total. The number of fused-ring (bicyclic) bond motifs is 1. The van der Waals surface area contributed by atoms with E-state index in [1.165, 1.54) is 12.1 Å². The van der Waals surface area contributed by atoms with Crippen molar-refractivity contribution in [3.05, 3.63) is 70.8 Å². The van der Waals surface area contributed by atoms with Crippen LogP contribution < -0.4 is 0 Å². The summed E-state index contributed by atoms with van der Waals surface area (Å²) in [6.45, 7) is 2.63. The van der Waals surface area contributed by atoms with Crippen LogP contribution in [0.15, 0.2) is 48.5 Å². The highest BCUT2D eigenvalue weighted by Gasteiger charge is 2.39. The minimum Gasteiger partial charge on any atom is -0.370 e. The molecule has 4 rings (SSSR count). The number of benzene rings is 2. The van der Waals surface area contributed by atoms with Crippen molar-refractivity contribution >= 4 is 17.8 Å². The summed E-state index contributed by atoms with van der Waals surface area (Å²) >= 11 is 0. The van der Waals surface area contributed by atoms with Gasteiger partial charge in [-0.1, -0.05) is 29.3 Å². The predicted molar refractivity (Wildman–Crippen MR) is 86.7 cm³/mol. The van der Waals surface area contributed by atoms with E-state index in [1.807, 2.05) is 13.0 Å². The minimum atomic E-state index is -0.765. The van der Waals surface area contributed by atoms with Crippen molar-refractivity contribution in [2.45, 2.75) is 18.9 Å². The number of hydrogen-bond donors (Lipinski definition) is 0. The van der Waals surface area contributed by atoms with Gasteiger partial charge >= 0.3 is 5.97 Å². The van der Waals surface area contributed by atoms with Gasteiger partial charge in [0.2, 0.25) is 0 Å². The Bertz CT molecular complexity index is 865. The third-order valence-corrected chi connectivity index (χ3v) is 4.64. The van der Waals surface area contributed by atoms with Crippen molar-refractivity contribution < 1.29 is 24.0 Å². The monoisotopic (exact) mass is 337 g/mol. The maximum absolute atomic E-state index is 12.4. The number of amides is 2. The van der Waals surface area contributed by atoms with E-state index in [2.05, 4.69) is 0 Å². The Morgan fingerprint density at radius 1 is 1.08 bits per heavy atom. The lowest BCUT2D eigenvalue weighted by Gasteiger charge is -2.39. The van der Waals surface area contributed by atoms with Crippen LogP contribution in [0.4, 0.5) is 0 Å². The molecule has 6 heteroatoms. The molecule has 0 radical (unpaired) electrons. The van der Waals surface area contributed by atoms with Crippen molar-refractivity contribution in [2.75, 3.05) is 6.61 Å². The maximum Gasteiger partial charge on any atom is 0.363 e. The number of hydroxylamine groups is 2. The molecule has 0 bridgehead atoms. The Kier molecular flexibility index (Phi) is 3.43. The Balaban J connectivity index is 1.56. The molecule has 0 saturated carbocycles. The average Bonchev–Trinajstić information content (AvgIpc) is 2.85. The predicted octanol–water partition coefficient (Wildman–Crippen LogP) is 2.69. The van der Waals surface area contributed by atoms with Gasteiger partial charge in [-0.3, -0.25) is 9.59 Å². The van der Waals surface area contributed by atoms with Gasteiger partial charge in [0.05, 0.1) is 28.9 Å². The van der Waals surface area contributed by atoms with E-state index in [1.54, 1.807) is 30.3 Å². The fraction of sp³-hybridized carbons (Fsp3) is 0.211. The quantitative estimate of drug-likeness (QED) is 0.805. The number of nitrogens with zero attached hydrogens (tertiary/aromatic N) is 1. The largest absolute Gasteiger partial charge is 0.370 e. The zero-order valence-corrected chi connectivity index (χ0v) is 13.5. The van der Waals surface area contributed by atoms with Crippen LogP contribution in [0.3, 0.4) is 0 Å². The van der Waals surface area contributed by atoms with Gasteiger partial charge in [-0.2, -0.15) is 0 Å². The highest BCUT2D eigenvalue weighted by molar-refractivity contribution is 6.21. The topological polar surface area (TPSA) is 72.9 Å². The van der Waals surface area contributed by atoms with Crippen molar-refractivity contribution in [2.24, 2.45) is 0 Å². The van der Waals surface area contributed by atoms with E-state index in [4.69, 9.17) is 9.57 Å². The first kappa shape index (κ1) is 15.5. The Labute approximate surface area is 143 Å². The van der Waals surface area contributed by atoms with Crippen molar-refractivity contribution in [1.29, 1.82) is 0 Å². The third-order valence-electron chi connectivity index (χ3n) is 4.64. The van der Waals surface area contributed by atoms with Crippen LogP contribution in [0.2, 0.25) is 0 Å². The van der Waals surface area contributed by atoms with E-state index in [0.717, 1.165) is 12.0 Å². The molecule has 2 aromatic rings. The van der Waals surface area contributed by atoms with E-state index in [0.29, 0.717) is 11.7 Å². The standard InChI is InChI=1S/C19H15NO5/c1-19(9-10-24-19)13-6-4-5-12(11-13)18(23)25-20-16(21)14-7-2-3-8-15(14)17(20)22/h2-8,11H,9-10H2,1H3. The summed E-state index contributed by atoms with van der Waals surface area (Å²) in [5, 5.41) is 0.515. The first-order valence-corrected chi connectivity index (χ1v) is 7.94. The number of ether oxygens (including phenoxy) is 1. The molecule has 25 heavy (non-hydrogen) atoms. The highest BCUT2D eigenvalue weighted by Crippen LogP contribution is 2.37. The van der Waals surface area contributed by atoms with Gasteiger partial charge in [0.15, 0.2) is 0 Å². The summed E-state index contributed by atoms with van der Waals surface area (Å²) < 4.78 is 5.58. The summed E-state index contributed by atoms with van der Waals surface area (Å²) in [6, 6.07) is 13.2. The number of carbonyl (C=O) groups excluding carboxylic acids is 3. The van der Waals surface area contributed by atoms with Gasteiger partial charge < -0.3 is 9.57 Å². The van der Waals surface area contributed by atoms with E-state index in [-0.39, 0.29) is 16.7 Å². The van der Waals surface area contributed by atoms with Gasteiger partial charge in [0, 0.05) is 6.42 Å². The number of imide groups is 1. The fourth-order valence-electron chi connectivity index (χ4n) is 3.00. The number of hydrogen-bond acceptors (Lipinski definition) is 5. The first-order valence-electron chi connectivity index (χ1n) is 7.94. The van der Waals surface area contributed by atoms with Gasteiger partial charge in [-0.05, 0) is 36.8 Å². The van der Waals surface area contributed by atoms with Crippen molar-refractivity contribution in [3.63, 3.8) is 0 Å². The second-order valence-corrected chi connectivity index (χ2v) is 6.24. The molecular weight excluding hydrogens is 322 g/mol. The zero-order chi connectivity index (χ0) is 17.6. The van der Waals surface area contributed by atoms with E-state index in [9.17, 15) is 14.4 Å². The van der Waals surface area contributed by atoms with Gasteiger partial charge in [0.25, 0.3) is 11.8 Å². The Morgan fingerprint density at radius 3 is 2.28 bits per heavy atom. The van der Waals surface area contributed by atoms with Crippen LogP contribution in [0.5, 0.6) is 0 Å². The molecule has 2 aromatic carbocycles. The van der Waals surface area contributed by atoms with Gasteiger partial charge in [-0.25, -0.2) is 4.79 Å². The first-order chi connectivity index (χ1) is 12.0. The molecule has 2 amide bonds. The SMILES string of the molecule is CC1(c2cccc(C(=O)ON3C(=O)c4ccccc4C3=O)c2)CCO1. The molecular formula is C19H15NO5. The molecule has 0 aromatic heterocycles. The van der Waals surface area contributed by atoms with Crippen LogP contribution in [-0.4, -0.2) is 29.5 Å². The molecule has 1 fully saturated rings. The minimum absolute atomic E-state index is 0.226. The highest BCUT2D eigenvalue weighted by atomic mass is 16.7. The lowest BCUT2D eigenvalue weighted by molar-refractivity contribution is -0.140. The summed E-state index contributed by atoms with van der Waals surface area (Å²) in [7, 11) is 0. The molecule has 126 valence electrons. The van der Waals surface area contributed by atoms with E-state index < -0.39 is 23.4 Å². The van der Waals surface area contributed by atoms with Crippen LogP contribution >= 0.6 is 0 Å². The number of rotatable bonds is 3. The van der Waals surface area contributed by atoms with Crippen molar-refractivity contribution in [3.8, 4) is 0 Å². The fourth-order valence-corrected chi connectivity index (χ4v) is 3.00. The lowest BCUT2D eigenvalue weighted by atomic mass is 9.88. The second kappa shape index (κ2) is 5.53. The average molecular weight is 337 g/mol. The van der Waals surface area contributed by atoms with Crippen LogP contribution in [0.25, 0.3) is 0 Å². The summed E-state index contributed by atoms with van der Waals surface area (Å²) in [5.41, 5.74) is 1.15. The molecule has 1 atom stereocenters. The second-order valence-electron chi connectivity index (χ2n) is 6.24. The Morgan fingerprint density at radius 2 is 1.72 bits per heavy atom. The number of carbonyl (C=O) groups is 3. The van der Waals surface area contributed by atoms with Crippen molar-refractivity contribution in [1.82, 2.24) is 5.06 Å². The molecule has 1 unspecified atom stereocenters. The molecule has 2 aliphatic heterocycles. The molecule has 2 aliphatic rings. The summed E-state index contributed by atoms with van der Waals surface area (Å²) in [5.74, 6) is -2.04.